The smallest absolute Gasteiger partial charge is 0.187 e. The molecule has 1 heterocycles. The fraction of sp³-hybridized carbons (Fsp3) is 0.231. The molecule has 1 unspecified atom stereocenters. The van der Waals surface area contributed by atoms with E-state index >= 15 is 0 Å². The second-order valence-electron chi connectivity index (χ2n) is 4.10. The van der Waals surface area contributed by atoms with Crippen LogP contribution in [0.5, 0.6) is 0 Å². The molecule has 0 amide bonds. The predicted molar refractivity (Wildman–Crippen MR) is 74.5 cm³/mol. The van der Waals surface area contributed by atoms with Gasteiger partial charge in [-0.25, -0.2) is 8.42 Å². The Bertz CT molecular complexity index is 601. The normalized spacial score (nSPS) is 13.4. The van der Waals surface area contributed by atoms with Gasteiger partial charge in [-0.05, 0) is 30.5 Å². The van der Waals surface area contributed by atoms with Crippen LogP contribution in [0.4, 0.5) is 0 Å². The first-order valence-electron chi connectivity index (χ1n) is 5.59. The molecule has 96 valence electrons. The van der Waals surface area contributed by atoms with Crippen LogP contribution in [0.3, 0.4) is 0 Å². The summed E-state index contributed by atoms with van der Waals surface area (Å²) in [5, 5.41) is 1.21. The van der Waals surface area contributed by atoms with Gasteiger partial charge in [-0.1, -0.05) is 23.8 Å². The van der Waals surface area contributed by atoms with E-state index < -0.39 is 15.1 Å². The van der Waals surface area contributed by atoms with Gasteiger partial charge in [0.2, 0.25) is 0 Å². The Morgan fingerprint density at radius 1 is 1.22 bits per heavy atom. The summed E-state index contributed by atoms with van der Waals surface area (Å²) in [6.45, 7) is 2.02. The molecule has 0 saturated carbocycles. The van der Waals surface area contributed by atoms with E-state index in [1.165, 1.54) is 11.3 Å². The van der Waals surface area contributed by atoms with Gasteiger partial charge in [-0.2, -0.15) is 0 Å². The van der Waals surface area contributed by atoms with Crippen molar-refractivity contribution in [2.45, 2.75) is 17.1 Å². The van der Waals surface area contributed by atoms with Crippen LogP contribution in [0.25, 0.3) is 0 Å². The molecule has 3 nitrogen and oxygen atoms in total. The van der Waals surface area contributed by atoms with E-state index in [0.29, 0.717) is 4.90 Å². The molecular formula is C13H15NO2S2. The van der Waals surface area contributed by atoms with Crippen molar-refractivity contribution < 1.29 is 8.42 Å². The van der Waals surface area contributed by atoms with Crippen molar-refractivity contribution in [3.05, 3.63) is 52.2 Å². The number of rotatable bonds is 4. The molecule has 0 bridgehead atoms. The van der Waals surface area contributed by atoms with Crippen LogP contribution in [-0.4, -0.2) is 15.0 Å². The molecule has 0 aliphatic carbocycles. The van der Waals surface area contributed by atoms with Gasteiger partial charge in [-0.3, -0.25) is 0 Å². The third kappa shape index (κ3) is 2.48. The summed E-state index contributed by atoms with van der Waals surface area (Å²) in [6, 6.07) is 10.5. The number of hydrogen-bond acceptors (Lipinski definition) is 4. The van der Waals surface area contributed by atoms with E-state index in [9.17, 15) is 8.42 Å². The Labute approximate surface area is 111 Å². The van der Waals surface area contributed by atoms with Crippen molar-refractivity contribution in [2.24, 2.45) is 5.73 Å². The quantitative estimate of drug-likeness (QED) is 0.936. The number of thiophene rings is 1. The average Bonchev–Trinajstić information content (AvgIpc) is 2.84. The Kier molecular flexibility index (Phi) is 3.85. The zero-order valence-corrected chi connectivity index (χ0v) is 11.7. The summed E-state index contributed by atoms with van der Waals surface area (Å²) >= 11 is 1.42. The maximum Gasteiger partial charge on any atom is 0.187 e. The van der Waals surface area contributed by atoms with Crippen LogP contribution in [0, 0.1) is 6.92 Å². The van der Waals surface area contributed by atoms with Crippen LogP contribution < -0.4 is 5.73 Å². The van der Waals surface area contributed by atoms with E-state index in [4.69, 9.17) is 5.73 Å². The third-order valence-corrected chi connectivity index (χ3v) is 6.06. The van der Waals surface area contributed by atoms with Crippen LogP contribution in [0.1, 0.15) is 15.7 Å². The SMILES string of the molecule is Cc1ccc(S(=O)(=O)C(CN)c2cccs2)cc1. The van der Waals surface area contributed by atoms with Crippen molar-refractivity contribution in [2.75, 3.05) is 6.54 Å². The van der Waals surface area contributed by atoms with E-state index in [2.05, 4.69) is 0 Å². The third-order valence-electron chi connectivity index (χ3n) is 2.80. The van der Waals surface area contributed by atoms with Gasteiger partial charge >= 0.3 is 0 Å². The molecule has 2 N–H and O–H groups in total. The summed E-state index contributed by atoms with van der Waals surface area (Å²) in [4.78, 5) is 1.12. The molecule has 0 aliphatic heterocycles. The van der Waals surface area contributed by atoms with E-state index in [0.717, 1.165) is 10.4 Å². The lowest BCUT2D eigenvalue weighted by Gasteiger charge is -2.14. The lowest BCUT2D eigenvalue weighted by Crippen LogP contribution is -2.21. The number of aryl methyl sites for hydroxylation is 1. The predicted octanol–water partition coefficient (Wildman–Crippen LogP) is 2.53. The molecule has 18 heavy (non-hydrogen) atoms. The van der Waals surface area contributed by atoms with Crippen molar-refractivity contribution in [1.82, 2.24) is 0 Å². The molecule has 1 aromatic heterocycles. The number of sulfone groups is 1. The summed E-state index contributed by atoms with van der Waals surface area (Å²) in [6.07, 6.45) is 0. The van der Waals surface area contributed by atoms with Gasteiger partial charge in [0.15, 0.2) is 9.84 Å². The van der Waals surface area contributed by atoms with Gasteiger partial charge in [0, 0.05) is 11.4 Å². The zero-order valence-electron chi connectivity index (χ0n) is 10.0. The molecule has 2 aromatic rings. The van der Waals surface area contributed by atoms with Gasteiger partial charge in [-0.15, -0.1) is 11.3 Å². The van der Waals surface area contributed by atoms with Crippen molar-refractivity contribution in [3.63, 3.8) is 0 Å². The Morgan fingerprint density at radius 2 is 1.89 bits per heavy atom. The number of benzene rings is 1. The molecule has 0 fully saturated rings. The zero-order chi connectivity index (χ0) is 13.2. The standard InChI is InChI=1S/C13H15NO2S2/c1-10-4-6-11(7-5-10)18(15,16)13(9-14)12-3-2-8-17-12/h2-8,13H,9,14H2,1H3. The highest BCUT2D eigenvalue weighted by atomic mass is 32.2. The minimum absolute atomic E-state index is 0.0940. The summed E-state index contributed by atoms with van der Waals surface area (Å²) in [5.41, 5.74) is 6.68. The lowest BCUT2D eigenvalue weighted by molar-refractivity contribution is 0.583. The molecule has 0 radical (unpaired) electrons. The minimum atomic E-state index is -3.41. The first-order valence-corrected chi connectivity index (χ1v) is 8.02. The van der Waals surface area contributed by atoms with Crippen LogP contribution in [0.2, 0.25) is 0 Å². The van der Waals surface area contributed by atoms with Gasteiger partial charge in [0.1, 0.15) is 5.25 Å². The average molecular weight is 281 g/mol. The molecular weight excluding hydrogens is 266 g/mol. The largest absolute Gasteiger partial charge is 0.329 e. The second kappa shape index (κ2) is 5.22. The molecule has 5 heteroatoms. The maximum atomic E-state index is 12.5. The second-order valence-corrected chi connectivity index (χ2v) is 7.21. The first-order chi connectivity index (χ1) is 8.55. The van der Waals surface area contributed by atoms with Crippen molar-refractivity contribution >= 4 is 21.2 Å². The van der Waals surface area contributed by atoms with Crippen molar-refractivity contribution in [3.8, 4) is 0 Å². The van der Waals surface area contributed by atoms with Gasteiger partial charge in [0.25, 0.3) is 0 Å². The lowest BCUT2D eigenvalue weighted by atomic mass is 10.2. The van der Waals surface area contributed by atoms with E-state index in [1.54, 1.807) is 24.3 Å². The molecule has 0 saturated heterocycles. The Morgan fingerprint density at radius 3 is 2.39 bits per heavy atom. The molecule has 1 atom stereocenters. The Hall–Kier alpha value is -1.17. The Balaban J connectivity index is 2.44. The van der Waals surface area contributed by atoms with Crippen molar-refractivity contribution in [1.29, 1.82) is 0 Å². The highest BCUT2D eigenvalue weighted by Gasteiger charge is 2.28. The van der Waals surface area contributed by atoms with E-state index in [1.807, 2.05) is 24.4 Å². The number of nitrogens with two attached hydrogens (primary N) is 1. The van der Waals surface area contributed by atoms with Gasteiger partial charge in [0.05, 0.1) is 4.90 Å². The molecule has 0 spiro atoms. The van der Waals surface area contributed by atoms with E-state index in [-0.39, 0.29) is 6.54 Å². The summed E-state index contributed by atoms with van der Waals surface area (Å²) in [7, 11) is -3.41. The van der Waals surface area contributed by atoms with Crippen LogP contribution in [-0.2, 0) is 9.84 Å². The highest BCUT2D eigenvalue weighted by molar-refractivity contribution is 7.91. The highest BCUT2D eigenvalue weighted by Crippen LogP contribution is 2.30. The molecule has 2 rings (SSSR count). The summed E-state index contributed by atoms with van der Waals surface area (Å²) in [5.74, 6) is 0. The first kappa shape index (κ1) is 13.3. The fourth-order valence-electron chi connectivity index (χ4n) is 1.76. The van der Waals surface area contributed by atoms with Crippen LogP contribution in [0.15, 0.2) is 46.7 Å². The number of hydrogen-bond donors (Lipinski definition) is 1. The molecule has 0 aliphatic rings. The van der Waals surface area contributed by atoms with Crippen LogP contribution >= 0.6 is 11.3 Å². The fourth-order valence-corrected chi connectivity index (χ4v) is 4.51. The van der Waals surface area contributed by atoms with Gasteiger partial charge < -0.3 is 5.73 Å². The monoisotopic (exact) mass is 281 g/mol. The maximum absolute atomic E-state index is 12.5. The summed E-state index contributed by atoms with van der Waals surface area (Å²) < 4.78 is 25.0. The molecule has 1 aromatic carbocycles. The minimum Gasteiger partial charge on any atom is -0.329 e. The topological polar surface area (TPSA) is 60.2 Å².